The molecule has 0 aliphatic carbocycles. The second kappa shape index (κ2) is 10.8. The van der Waals surface area contributed by atoms with Crippen LogP contribution in [0, 0.1) is 12.8 Å². The highest BCUT2D eigenvalue weighted by molar-refractivity contribution is 8.00. The fourth-order valence-electron chi connectivity index (χ4n) is 4.59. The summed E-state index contributed by atoms with van der Waals surface area (Å²) in [5.74, 6) is 2.45. The molecule has 0 radical (unpaired) electrons. The van der Waals surface area contributed by atoms with Crippen LogP contribution in [0.5, 0.6) is 0 Å². The Balaban J connectivity index is 1.44. The molecule has 1 N–H and O–H groups in total. The molecular weight excluding hydrogens is 464 g/mol. The van der Waals surface area contributed by atoms with E-state index < -0.39 is 5.25 Å². The van der Waals surface area contributed by atoms with Gasteiger partial charge >= 0.3 is 0 Å². The Bertz CT molecular complexity index is 1120. The minimum absolute atomic E-state index is 0.134. The van der Waals surface area contributed by atoms with Gasteiger partial charge in [-0.25, -0.2) is 0 Å². The van der Waals surface area contributed by atoms with Crippen LogP contribution < -0.4 is 10.2 Å². The third kappa shape index (κ3) is 5.70. The number of anilines is 2. The number of hydrogen-bond acceptors (Lipinski definition) is 8. The Hall–Kier alpha value is -2.85. The lowest BCUT2D eigenvalue weighted by atomic mass is 10.00. The first-order valence-corrected chi connectivity index (χ1v) is 13.2. The number of thioether (sulfide) groups is 1. The number of nitrogens with zero attached hydrogens (tertiary/aromatic N) is 5. The summed E-state index contributed by atoms with van der Waals surface area (Å²) in [5, 5.41) is 16.2. The number of aromatic nitrogens is 4. The van der Waals surface area contributed by atoms with Crippen LogP contribution in [0.1, 0.15) is 49.2 Å². The minimum Gasteiger partial charge on any atom is -0.376 e. The van der Waals surface area contributed by atoms with Gasteiger partial charge in [-0.15, -0.1) is 10.2 Å². The summed E-state index contributed by atoms with van der Waals surface area (Å²) in [6.45, 7) is 7.49. The van der Waals surface area contributed by atoms with E-state index in [1.54, 1.807) is 13.0 Å². The first kappa shape index (κ1) is 23.9. The van der Waals surface area contributed by atoms with Crippen molar-refractivity contribution in [3.63, 3.8) is 0 Å². The molecule has 2 aliphatic heterocycles. The van der Waals surface area contributed by atoms with Gasteiger partial charge in [-0.05, 0) is 44.1 Å². The maximum absolute atomic E-state index is 13.4. The summed E-state index contributed by atoms with van der Waals surface area (Å²) in [7, 11) is 0. The third-order valence-corrected chi connectivity index (χ3v) is 7.85. The van der Waals surface area contributed by atoms with E-state index in [0.29, 0.717) is 18.1 Å². The maximum atomic E-state index is 13.4. The molecular formula is C25H32N6O3S. The third-order valence-electron chi connectivity index (χ3n) is 6.62. The van der Waals surface area contributed by atoms with Gasteiger partial charge in [0, 0.05) is 25.8 Å². The number of aryl methyl sites for hydroxylation is 1. The minimum atomic E-state index is -0.533. The molecule has 5 rings (SSSR count). The number of hydrogen-bond donors (Lipinski definition) is 1. The fraction of sp³-hybridized carbons (Fsp3) is 0.520. The average molecular weight is 497 g/mol. The van der Waals surface area contributed by atoms with Gasteiger partial charge in [-0.3, -0.25) is 9.36 Å². The van der Waals surface area contributed by atoms with Crippen molar-refractivity contribution in [1.29, 1.82) is 0 Å². The number of piperidine rings is 1. The fourth-order valence-corrected chi connectivity index (χ4v) is 5.63. The van der Waals surface area contributed by atoms with Crippen molar-refractivity contribution in [3.05, 3.63) is 47.7 Å². The topological polar surface area (TPSA) is 98.3 Å². The maximum Gasteiger partial charge on any atom is 0.243 e. The number of carbonyl (C=O) groups excluding carboxylic acids is 1. The number of ether oxygens (including phenoxy) is 1. The summed E-state index contributed by atoms with van der Waals surface area (Å²) in [5.41, 5.74) is 0.884. The van der Waals surface area contributed by atoms with Gasteiger partial charge < -0.3 is 19.5 Å². The monoisotopic (exact) mass is 496 g/mol. The molecule has 1 aromatic carbocycles. The van der Waals surface area contributed by atoms with Crippen molar-refractivity contribution >= 4 is 29.4 Å². The molecule has 186 valence electrons. The Labute approximate surface area is 209 Å². The predicted octanol–water partition coefficient (Wildman–Crippen LogP) is 4.46. The first-order chi connectivity index (χ1) is 17.1. The molecule has 10 heteroatoms. The van der Waals surface area contributed by atoms with E-state index in [9.17, 15) is 4.79 Å². The molecule has 2 unspecified atom stereocenters. The highest BCUT2D eigenvalue weighted by Crippen LogP contribution is 2.37. The van der Waals surface area contributed by atoms with Crippen molar-refractivity contribution < 1.29 is 14.1 Å². The number of amides is 1. The zero-order valence-corrected chi connectivity index (χ0v) is 21.0. The zero-order valence-electron chi connectivity index (χ0n) is 20.2. The Morgan fingerprint density at radius 3 is 2.69 bits per heavy atom. The van der Waals surface area contributed by atoms with Crippen molar-refractivity contribution in [2.75, 3.05) is 29.9 Å². The van der Waals surface area contributed by atoms with Crippen molar-refractivity contribution in [2.45, 2.75) is 62.6 Å². The highest BCUT2D eigenvalue weighted by Gasteiger charge is 2.30. The van der Waals surface area contributed by atoms with Crippen molar-refractivity contribution in [1.82, 2.24) is 19.9 Å². The Kier molecular flexibility index (Phi) is 7.38. The molecule has 2 atom stereocenters. The normalized spacial score (nSPS) is 19.7. The molecule has 2 aliphatic rings. The Morgan fingerprint density at radius 2 is 2.00 bits per heavy atom. The van der Waals surface area contributed by atoms with E-state index in [2.05, 4.69) is 37.1 Å². The van der Waals surface area contributed by atoms with E-state index in [1.807, 2.05) is 30.3 Å². The molecule has 0 spiro atoms. The van der Waals surface area contributed by atoms with Crippen LogP contribution in [-0.2, 0) is 16.1 Å². The summed E-state index contributed by atoms with van der Waals surface area (Å²) in [6.07, 6.45) is 4.50. The molecule has 9 nitrogen and oxygen atoms in total. The van der Waals surface area contributed by atoms with E-state index in [0.717, 1.165) is 68.0 Å². The summed E-state index contributed by atoms with van der Waals surface area (Å²) in [4.78, 5) is 15.7. The van der Waals surface area contributed by atoms with Gasteiger partial charge in [0.15, 0.2) is 11.0 Å². The van der Waals surface area contributed by atoms with Gasteiger partial charge in [0.2, 0.25) is 11.9 Å². The van der Waals surface area contributed by atoms with Crippen LogP contribution in [0.3, 0.4) is 0 Å². The molecule has 2 aromatic heterocycles. The lowest BCUT2D eigenvalue weighted by Crippen LogP contribution is -2.35. The van der Waals surface area contributed by atoms with E-state index >= 15 is 0 Å². The van der Waals surface area contributed by atoms with Gasteiger partial charge in [0.1, 0.15) is 11.0 Å². The first-order valence-electron chi connectivity index (χ1n) is 12.3. The van der Waals surface area contributed by atoms with Crippen LogP contribution in [0.25, 0.3) is 0 Å². The number of nitrogens with one attached hydrogen (secondary N) is 1. The van der Waals surface area contributed by atoms with Crippen LogP contribution in [0.4, 0.5) is 11.8 Å². The lowest BCUT2D eigenvalue weighted by molar-refractivity contribution is -0.115. The van der Waals surface area contributed by atoms with E-state index in [1.165, 1.54) is 11.8 Å². The smallest absolute Gasteiger partial charge is 0.243 e. The van der Waals surface area contributed by atoms with E-state index in [-0.39, 0.29) is 12.0 Å². The SMILES string of the molecule is Cc1cc(NC(=O)C(Sc2nnc(N3CCC(C)CC3)n2CC2CCCO2)c2ccccc2)no1. The summed E-state index contributed by atoms with van der Waals surface area (Å²) >= 11 is 1.41. The van der Waals surface area contributed by atoms with Gasteiger partial charge in [-0.1, -0.05) is 54.2 Å². The molecule has 2 fully saturated rings. The number of carbonyl (C=O) groups is 1. The lowest BCUT2D eigenvalue weighted by Gasteiger charge is -2.31. The van der Waals surface area contributed by atoms with Crippen LogP contribution in [-0.4, -0.2) is 51.6 Å². The molecule has 35 heavy (non-hydrogen) atoms. The average Bonchev–Trinajstić information content (AvgIpc) is 3.61. The second-order valence-electron chi connectivity index (χ2n) is 9.42. The number of benzene rings is 1. The Morgan fingerprint density at radius 1 is 1.20 bits per heavy atom. The van der Waals surface area contributed by atoms with Crippen molar-refractivity contribution in [2.24, 2.45) is 5.92 Å². The summed E-state index contributed by atoms with van der Waals surface area (Å²) in [6, 6.07) is 11.4. The molecule has 0 saturated carbocycles. The second-order valence-corrected chi connectivity index (χ2v) is 10.5. The molecule has 1 amide bonds. The van der Waals surface area contributed by atoms with Crippen molar-refractivity contribution in [3.8, 4) is 0 Å². The van der Waals surface area contributed by atoms with Gasteiger partial charge in [0.05, 0.1) is 12.6 Å². The van der Waals surface area contributed by atoms with Crippen LogP contribution >= 0.6 is 11.8 Å². The highest BCUT2D eigenvalue weighted by atomic mass is 32.2. The van der Waals surface area contributed by atoms with Crippen LogP contribution in [0.15, 0.2) is 46.1 Å². The number of rotatable bonds is 8. The molecule has 4 heterocycles. The van der Waals surface area contributed by atoms with Gasteiger partial charge in [-0.2, -0.15) is 0 Å². The summed E-state index contributed by atoms with van der Waals surface area (Å²) < 4.78 is 13.2. The molecule has 2 saturated heterocycles. The standard InChI is InChI=1S/C25H32N6O3S/c1-17-10-12-30(13-11-17)24-27-28-25(31(24)16-20-9-6-14-33-20)35-22(19-7-4-3-5-8-19)23(32)26-21-15-18(2)34-29-21/h3-5,7-8,15,17,20,22H,6,9-14,16H2,1-2H3,(H,26,29,32). The van der Waals surface area contributed by atoms with E-state index in [4.69, 9.17) is 9.26 Å². The van der Waals surface area contributed by atoms with Crippen LogP contribution in [0.2, 0.25) is 0 Å². The van der Waals surface area contributed by atoms with Gasteiger partial charge in [0.25, 0.3) is 0 Å². The predicted molar refractivity (Wildman–Crippen MR) is 135 cm³/mol. The quantitative estimate of drug-likeness (QED) is 0.457. The zero-order chi connectivity index (χ0) is 24.2. The molecule has 0 bridgehead atoms. The molecule has 3 aromatic rings. The largest absolute Gasteiger partial charge is 0.376 e.